The maximum atomic E-state index is 6.93. The van der Waals surface area contributed by atoms with Gasteiger partial charge in [0.1, 0.15) is 11.2 Å². The first-order valence-corrected chi connectivity index (χ1v) is 23.1. The Hall–Kier alpha value is -8.67. The number of hydrogen-bond donors (Lipinski definition) is 0. The molecule has 0 amide bonds. The van der Waals surface area contributed by atoms with Crippen LogP contribution in [0.15, 0.2) is 211 Å². The van der Waals surface area contributed by atoms with Crippen LogP contribution < -0.4 is 0 Å². The number of rotatable bonds is 4. The minimum absolute atomic E-state index is 0.539. The predicted octanol–water partition coefficient (Wildman–Crippen LogP) is 17.1. The lowest BCUT2D eigenvalue weighted by Crippen LogP contribution is -2.07. The second kappa shape index (κ2) is 15.5. The van der Waals surface area contributed by atoms with Gasteiger partial charge in [0.2, 0.25) is 5.95 Å². The Morgan fingerprint density at radius 2 is 0.866 bits per heavy atom. The summed E-state index contributed by atoms with van der Waals surface area (Å²) in [5, 5.41) is 16.0. The zero-order chi connectivity index (χ0) is 44.6. The smallest absolute Gasteiger partial charge is 0.238 e. The molecule has 0 atom stereocenters. The van der Waals surface area contributed by atoms with E-state index in [2.05, 4.69) is 225 Å². The first kappa shape index (κ1) is 38.8. The van der Waals surface area contributed by atoms with E-state index in [0.29, 0.717) is 17.6 Å². The van der Waals surface area contributed by atoms with Crippen molar-refractivity contribution in [1.29, 1.82) is 0 Å². The summed E-state index contributed by atoms with van der Waals surface area (Å²) in [6, 6.07) is 73.2. The van der Waals surface area contributed by atoms with Crippen LogP contribution in [0, 0.1) is 0 Å². The molecule has 0 aliphatic rings. The van der Waals surface area contributed by atoms with Crippen LogP contribution in [0.4, 0.5) is 0 Å². The molecule has 67 heavy (non-hydrogen) atoms. The van der Waals surface area contributed by atoms with E-state index >= 15 is 0 Å². The van der Waals surface area contributed by atoms with E-state index in [0.717, 1.165) is 92.9 Å². The first-order chi connectivity index (χ1) is 33.1. The van der Waals surface area contributed by atoms with Gasteiger partial charge < -0.3 is 4.42 Å². The van der Waals surface area contributed by atoms with Crippen molar-refractivity contribution in [2.24, 2.45) is 0 Å². The second-order valence-electron chi connectivity index (χ2n) is 17.4. The molecule has 14 aromatic rings. The fraction of sp³-hybridized carbons (Fsp3) is 0.0484. The van der Waals surface area contributed by atoms with Crippen molar-refractivity contribution >= 4 is 97.6 Å². The number of para-hydroxylation sites is 2. The second-order valence-corrected chi connectivity index (χ2v) is 17.4. The van der Waals surface area contributed by atoms with Crippen molar-refractivity contribution in [2.45, 2.75) is 20.3 Å². The third-order valence-corrected chi connectivity index (χ3v) is 13.2. The Balaban J connectivity index is 0.00000145. The molecule has 0 N–H and O–H groups in total. The molecular formula is C62H42N4O. The molecule has 14 rings (SSSR count). The topological polar surface area (TPSA) is 56.7 Å². The largest absolute Gasteiger partial charge is 0.455 e. The summed E-state index contributed by atoms with van der Waals surface area (Å²) >= 11 is 0. The summed E-state index contributed by atoms with van der Waals surface area (Å²) in [5.41, 5.74) is 7.60. The molecule has 0 fully saturated rings. The molecule has 5 heteroatoms. The van der Waals surface area contributed by atoms with Gasteiger partial charge >= 0.3 is 0 Å². The Morgan fingerprint density at radius 1 is 0.373 bits per heavy atom. The summed E-state index contributed by atoms with van der Waals surface area (Å²) in [5.74, 6) is 1.74. The van der Waals surface area contributed by atoms with Gasteiger partial charge in [0, 0.05) is 49.2 Å². The minimum atomic E-state index is 0.539. The number of hydrogen-bond acceptors (Lipinski definition) is 4. The van der Waals surface area contributed by atoms with Gasteiger partial charge in [-0.15, -0.1) is 0 Å². The van der Waals surface area contributed by atoms with Gasteiger partial charge in [-0.25, -0.2) is 4.98 Å². The van der Waals surface area contributed by atoms with Crippen LogP contribution in [0.1, 0.15) is 20.3 Å². The summed E-state index contributed by atoms with van der Waals surface area (Å²) in [6.07, 6.45) is 1.25. The van der Waals surface area contributed by atoms with E-state index in [1.165, 1.54) is 33.4 Å². The molecule has 0 saturated heterocycles. The highest BCUT2D eigenvalue weighted by Gasteiger charge is 2.26. The number of fused-ring (bicyclic) bond motifs is 15. The lowest BCUT2D eigenvalue weighted by Gasteiger charge is -2.15. The summed E-state index contributed by atoms with van der Waals surface area (Å²) in [6.45, 7) is 4.25. The van der Waals surface area contributed by atoms with Gasteiger partial charge in [-0.1, -0.05) is 208 Å². The van der Waals surface area contributed by atoms with Gasteiger partial charge in [0.25, 0.3) is 0 Å². The third kappa shape index (κ3) is 6.12. The summed E-state index contributed by atoms with van der Waals surface area (Å²) in [7, 11) is 0. The Labute approximate surface area is 386 Å². The van der Waals surface area contributed by atoms with Crippen LogP contribution in [-0.2, 0) is 0 Å². The number of furan rings is 1. The Kier molecular flexibility index (Phi) is 8.97. The van der Waals surface area contributed by atoms with Crippen molar-refractivity contribution in [1.82, 2.24) is 19.5 Å². The summed E-state index contributed by atoms with van der Waals surface area (Å²) < 4.78 is 9.24. The van der Waals surface area contributed by atoms with E-state index in [9.17, 15) is 0 Å². The van der Waals surface area contributed by atoms with E-state index < -0.39 is 0 Å². The molecule has 3 heterocycles. The van der Waals surface area contributed by atoms with Gasteiger partial charge in [-0.2, -0.15) is 9.97 Å². The number of nitrogens with zero attached hydrogens (tertiary/aromatic N) is 4. The van der Waals surface area contributed by atoms with Gasteiger partial charge in [0.15, 0.2) is 11.6 Å². The van der Waals surface area contributed by atoms with Crippen LogP contribution in [-0.4, -0.2) is 19.5 Å². The number of aromatic nitrogens is 4. The molecule has 11 aromatic carbocycles. The zero-order valence-electron chi connectivity index (χ0n) is 37.0. The SMILES string of the molecule is CCC.c1ccc2cc(-c3nc(-c4ccc5ccccc5c4)nc(-n4c5c(-c6cccc7c6oc6ccc8ccccc8c67)cccc5c5c6ccccc6c6ccccc6c54)n3)ccc2c1. The van der Waals surface area contributed by atoms with Crippen molar-refractivity contribution in [3.63, 3.8) is 0 Å². The molecule has 0 aliphatic carbocycles. The van der Waals surface area contributed by atoms with Crippen molar-refractivity contribution in [2.75, 3.05) is 0 Å². The van der Waals surface area contributed by atoms with Crippen LogP contribution in [0.5, 0.6) is 0 Å². The molecule has 3 aromatic heterocycles. The van der Waals surface area contributed by atoms with Crippen LogP contribution in [0.2, 0.25) is 0 Å². The zero-order valence-corrected chi connectivity index (χ0v) is 37.0. The Bertz CT molecular complexity index is 4200. The predicted molar refractivity (Wildman–Crippen MR) is 281 cm³/mol. The molecule has 0 unspecified atom stereocenters. The standard InChI is InChI=1S/C59H34N4O.C3H8/c1-3-16-38-33-40(29-27-35(38)13-1)57-60-58(41-30-28-36-14-2-4-17-39(36)34-41)62-59(61-57)63-54-47(48-24-12-26-50-52-42-18-6-5-15-37(42)31-32-51(52)64-56(48)50)23-11-25-49(54)53-45-21-9-7-19-43(45)44-20-8-10-22-46(44)55(53)63;1-3-2/h1-34H;3H2,1-2H3. The monoisotopic (exact) mass is 858 g/mol. The fourth-order valence-electron chi connectivity index (χ4n) is 10.3. The molecular weight excluding hydrogens is 817 g/mol. The third-order valence-electron chi connectivity index (χ3n) is 13.2. The van der Waals surface area contributed by atoms with Crippen LogP contribution in [0.25, 0.3) is 137 Å². The van der Waals surface area contributed by atoms with Crippen molar-refractivity contribution in [3.8, 4) is 39.9 Å². The minimum Gasteiger partial charge on any atom is -0.455 e. The molecule has 5 nitrogen and oxygen atoms in total. The fourth-order valence-corrected chi connectivity index (χ4v) is 10.3. The van der Waals surface area contributed by atoms with Crippen LogP contribution >= 0.6 is 0 Å². The lowest BCUT2D eigenvalue weighted by molar-refractivity contribution is 0.670. The highest BCUT2D eigenvalue weighted by Crippen LogP contribution is 2.47. The highest BCUT2D eigenvalue weighted by molar-refractivity contribution is 6.33. The van der Waals surface area contributed by atoms with Gasteiger partial charge in [-0.05, 0) is 66.7 Å². The van der Waals surface area contributed by atoms with E-state index in [4.69, 9.17) is 19.4 Å². The molecule has 0 spiro atoms. The Morgan fingerprint density at radius 3 is 1.52 bits per heavy atom. The molecule has 0 bridgehead atoms. The maximum absolute atomic E-state index is 6.93. The molecule has 0 aliphatic heterocycles. The number of benzene rings is 11. The average molecular weight is 859 g/mol. The van der Waals surface area contributed by atoms with Gasteiger partial charge in [-0.3, -0.25) is 4.57 Å². The normalized spacial score (nSPS) is 11.8. The average Bonchev–Trinajstić information content (AvgIpc) is 3.96. The molecule has 0 radical (unpaired) electrons. The molecule has 316 valence electrons. The van der Waals surface area contributed by atoms with Crippen molar-refractivity contribution in [3.05, 3.63) is 206 Å². The lowest BCUT2D eigenvalue weighted by atomic mass is 9.95. The molecule has 0 saturated carbocycles. The van der Waals surface area contributed by atoms with Crippen molar-refractivity contribution < 1.29 is 4.42 Å². The quantitative estimate of drug-likeness (QED) is 0.165. The van der Waals surface area contributed by atoms with E-state index in [-0.39, 0.29) is 0 Å². The van der Waals surface area contributed by atoms with Crippen LogP contribution in [0.3, 0.4) is 0 Å². The first-order valence-electron chi connectivity index (χ1n) is 23.1. The summed E-state index contributed by atoms with van der Waals surface area (Å²) in [4.78, 5) is 16.3. The highest BCUT2D eigenvalue weighted by atomic mass is 16.3. The van der Waals surface area contributed by atoms with E-state index in [1.54, 1.807) is 0 Å². The maximum Gasteiger partial charge on any atom is 0.238 e. The van der Waals surface area contributed by atoms with Gasteiger partial charge in [0.05, 0.1) is 11.0 Å². The van der Waals surface area contributed by atoms with E-state index in [1.807, 2.05) is 0 Å².